The van der Waals surface area contributed by atoms with Gasteiger partial charge in [0, 0.05) is 31.1 Å². The van der Waals surface area contributed by atoms with E-state index in [1.807, 2.05) is 11.0 Å². The van der Waals surface area contributed by atoms with Crippen LogP contribution in [0.4, 0.5) is 5.69 Å². The standard InChI is InChI=1S/C30H27N3O/c1-20-14-21(2)16-25(15-20)32-19-24(17-29(32)34)30-31-27-12-5-6-13-28(27)33(30)18-23-10-7-9-22-8-3-4-11-26(22)23/h3-16,24H,17-19H2,1-2H3. The molecule has 1 fully saturated rings. The van der Waals surface area contributed by atoms with E-state index in [-0.39, 0.29) is 11.8 Å². The van der Waals surface area contributed by atoms with Crippen LogP contribution in [0.15, 0.2) is 84.9 Å². The molecule has 168 valence electrons. The molecule has 4 aromatic carbocycles. The molecular weight excluding hydrogens is 418 g/mol. The van der Waals surface area contributed by atoms with Crippen molar-refractivity contribution in [3.63, 3.8) is 0 Å². The minimum atomic E-state index is 0.0516. The molecule has 1 aromatic heterocycles. The lowest BCUT2D eigenvalue weighted by atomic mass is 10.0. The Kier molecular flexibility index (Phi) is 4.95. The van der Waals surface area contributed by atoms with Crippen LogP contribution in [0.3, 0.4) is 0 Å². The Balaban J connectivity index is 1.42. The molecule has 1 aliphatic heterocycles. The van der Waals surface area contributed by atoms with Crippen LogP contribution in [0.5, 0.6) is 0 Å². The zero-order chi connectivity index (χ0) is 23.2. The van der Waals surface area contributed by atoms with Gasteiger partial charge in [0.1, 0.15) is 5.82 Å². The van der Waals surface area contributed by atoms with Crippen LogP contribution in [0.2, 0.25) is 0 Å². The van der Waals surface area contributed by atoms with Crippen molar-refractivity contribution in [1.82, 2.24) is 9.55 Å². The summed E-state index contributed by atoms with van der Waals surface area (Å²) in [7, 11) is 0. The first-order valence-electron chi connectivity index (χ1n) is 11.9. The summed E-state index contributed by atoms with van der Waals surface area (Å²) in [5, 5.41) is 2.50. The molecule has 34 heavy (non-hydrogen) atoms. The number of imidazole rings is 1. The molecule has 1 unspecified atom stereocenters. The number of carbonyl (C=O) groups is 1. The van der Waals surface area contributed by atoms with Crippen molar-refractivity contribution < 1.29 is 4.79 Å². The van der Waals surface area contributed by atoms with Gasteiger partial charge in [0.15, 0.2) is 0 Å². The van der Waals surface area contributed by atoms with Gasteiger partial charge in [0.2, 0.25) is 5.91 Å². The Morgan fingerprint density at radius 1 is 0.882 bits per heavy atom. The van der Waals surface area contributed by atoms with E-state index in [2.05, 4.69) is 97.3 Å². The molecular formula is C30H27N3O. The van der Waals surface area contributed by atoms with E-state index in [9.17, 15) is 4.79 Å². The smallest absolute Gasteiger partial charge is 0.227 e. The van der Waals surface area contributed by atoms with Crippen LogP contribution in [-0.4, -0.2) is 22.0 Å². The van der Waals surface area contributed by atoms with E-state index >= 15 is 0 Å². The average Bonchev–Trinajstić information content (AvgIpc) is 3.39. The normalized spacial score (nSPS) is 16.1. The first-order valence-corrected chi connectivity index (χ1v) is 11.9. The van der Waals surface area contributed by atoms with E-state index in [1.165, 1.54) is 27.5 Å². The van der Waals surface area contributed by atoms with Crippen molar-refractivity contribution in [2.75, 3.05) is 11.4 Å². The lowest BCUT2D eigenvalue weighted by molar-refractivity contribution is -0.117. The van der Waals surface area contributed by atoms with Gasteiger partial charge < -0.3 is 9.47 Å². The molecule has 1 aliphatic rings. The fourth-order valence-electron chi connectivity index (χ4n) is 5.41. The van der Waals surface area contributed by atoms with Gasteiger partial charge in [-0.3, -0.25) is 4.79 Å². The maximum atomic E-state index is 13.1. The molecule has 0 saturated carbocycles. The quantitative estimate of drug-likeness (QED) is 0.322. The maximum absolute atomic E-state index is 13.1. The Bertz CT molecular complexity index is 1520. The number of aryl methyl sites for hydroxylation is 2. The van der Waals surface area contributed by atoms with Crippen LogP contribution >= 0.6 is 0 Å². The number of hydrogen-bond donors (Lipinski definition) is 0. The molecule has 4 nitrogen and oxygen atoms in total. The molecule has 6 rings (SSSR count). The van der Waals surface area contributed by atoms with Crippen molar-refractivity contribution in [2.24, 2.45) is 0 Å². The van der Waals surface area contributed by atoms with Crippen molar-refractivity contribution in [3.8, 4) is 0 Å². The zero-order valence-corrected chi connectivity index (χ0v) is 19.5. The van der Waals surface area contributed by atoms with Crippen LogP contribution in [0, 0.1) is 13.8 Å². The molecule has 0 spiro atoms. The third-order valence-electron chi connectivity index (χ3n) is 6.90. The highest BCUT2D eigenvalue weighted by molar-refractivity contribution is 5.96. The van der Waals surface area contributed by atoms with Crippen LogP contribution in [-0.2, 0) is 11.3 Å². The van der Waals surface area contributed by atoms with Gasteiger partial charge >= 0.3 is 0 Å². The van der Waals surface area contributed by atoms with Crippen molar-refractivity contribution in [1.29, 1.82) is 0 Å². The minimum absolute atomic E-state index is 0.0516. The summed E-state index contributed by atoms with van der Waals surface area (Å²) in [5.41, 5.74) is 6.70. The molecule has 0 aliphatic carbocycles. The second-order valence-corrected chi connectivity index (χ2v) is 9.43. The summed E-state index contributed by atoms with van der Waals surface area (Å²) in [6.45, 7) is 5.54. The minimum Gasteiger partial charge on any atom is -0.323 e. The Morgan fingerprint density at radius 3 is 2.47 bits per heavy atom. The van der Waals surface area contributed by atoms with Gasteiger partial charge in [0.25, 0.3) is 0 Å². The number of rotatable bonds is 4. The maximum Gasteiger partial charge on any atom is 0.227 e. The lowest BCUT2D eigenvalue weighted by Crippen LogP contribution is -2.24. The molecule has 1 amide bonds. The van der Waals surface area contributed by atoms with Crippen LogP contribution < -0.4 is 4.90 Å². The van der Waals surface area contributed by atoms with Gasteiger partial charge in [-0.25, -0.2) is 4.98 Å². The SMILES string of the molecule is Cc1cc(C)cc(N2CC(c3nc4ccccc4n3Cc3cccc4ccccc34)CC2=O)c1. The van der Waals surface area contributed by atoms with E-state index in [4.69, 9.17) is 4.98 Å². The van der Waals surface area contributed by atoms with Crippen molar-refractivity contribution in [2.45, 2.75) is 32.7 Å². The first kappa shape index (κ1) is 20.7. The highest BCUT2D eigenvalue weighted by Crippen LogP contribution is 2.34. The molecule has 0 N–H and O–H groups in total. The Morgan fingerprint density at radius 2 is 1.62 bits per heavy atom. The Hall–Kier alpha value is -3.92. The van der Waals surface area contributed by atoms with E-state index in [1.54, 1.807) is 0 Å². The number of amides is 1. The second kappa shape index (κ2) is 8.14. The lowest BCUT2D eigenvalue weighted by Gasteiger charge is -2.19. The van der Waals surface area contributed by atoms with Gasteiger partial charge in [0.05, 0.1) is 11.0 Å². The van der Waals surface area contributed by atoms with Crippen molar-refractivity contribution in [3.05, 3.63) is 107 Å². The van der Waals surface area contributed by atoms with E-state index in [0.29, 0.717) is 13.0 Å². The van der Waals surface area contributed by atoms with Crippen LogP contribution in [0.25, 0.3) is 21.8 Å². The number of aromatic nitrogens is 2. The number of carbonyl (C=O) groups excluding carboxylic acids is 1. The molecule has 1 saturated heterocycles. The second-order valence-electron chi connectivity index (χ2n) is 9.43. The monoisotopic (exact) mass is 445 g/mol. The molecule has 1 atom stereocenters. The molecule has 0 radical (unpaired) electrons. The average molecular weight is 446 g/mol. The summed E-state index contributed by atoms with van der Waals surface area (Å²) in [6, 6.07) is 29.6. The molecule has 0 bridgehead atoms. The highest BCUT2D eigenvalue weighted by atomic mass is 16.2. The summed E-state index contributed by atoms with van der Waals surface area (Å²) < 4.78 is 2.32. The Labute approximate surface area is 199 Å². The number of para-hydroxylation sites is 2. The third kappa shape index (κ3) is 3.56. The van der Waals surface area contributed by atoms with Crippen LogP contribution in [0.1, 0.15) is 34.9 Å². The van der Waals surface area contributed by atoms with Gasteiger partial charge in [-0.05, 0) is 65.6 Å². The summed E-state index contributed by atoms with van der Waals surface area (Å²) in [4.78, 5) is 20.1. The fourth-order valence-corrected chi connectivity index (χ4v) is 5.41. The zero-order valence-electron chi connectivity index (χ0n) is 19.5. The van der Waals surface area contributed by atoms with E-state index in [0.717, 1.165) is 29.1 Å². The largest absolute Gasteiger partial charge is 0.323 e. The third-order valence-corrected chi connectivity index (χ3v) is 6.90. The highest BCUT2D eigenvalue weighted by Gasteiger charge is 2.35. The number of hydrogen-bond acceptors (Lipinski definition) is 2. The number of anilines is 1. The molecule has 2 heterocycles. The summed E-state index contributed by atoms with van der Waals surface area (Å²) in [5.74, 6) is 1.21. The number of nitrogens with zero attached hydrogens (tertiary/aromatic N) is 3. The predicted molar refractivity (Wildman–Crippen MR) is 138 cm³/mol. The van der Waals surface area contributed by atoms with Crippen molar-refractivity contribution >= 4 is 33.4 Å². The van der Waals surface area contributed by atoms with Gasteiger partial charge in [-0.2, -0.15) is 0 Å². The molecule has 5 aromatic rings. The number of fused-ring (bicyclic) bond motifs is 2. The van der Waals surface area contributed by atoms with E-state index < -0.39 is 0 Å². The molecule has 4 heteroatoms. The first-order chi connectivity index (χ1) is 16.6. The number of benzene rings is 4. The fraction of sp³-hybridized carbons (Fsp3) is 0.200. The van der Waals surface area contributed by atoms with Gasteiger partial charge in [-0.1, -0.05) is 60.7 Å². The predicted octanol–water partition coefficient (Wildman–Crippen LogP) is 6.38. The summed E-state index contributed by atoms with van der Waals surface area (Å²) in [6.07, 6.45) is 0.478. The summed E-state index contributed by atoms with van der Waals surface area (Å²) >= 11 is 0. The topological polar surface area (TPSA) is 38.1 Å². The van der Waals surface area contributed by atoms with Gasteiger partial charge in [-0.15, -0.1) is 0 Å².